The highest BCUT2D eigenvalue weighted by Crippen LogP contribution is 2.52. The van der Waals surface area contributed by atoms with Crippen molar-refractivity contribution < 1.29 is 40.1 Å². The van der Waals surface area contributed by atoms with E-state index in [4.69, 9.17) is 21.1 Å². The van der Waals surface area contributed by atoms with Gasteiger partial charge in [0, 0.05) is 29.8 Å². The summed E-state index contributed by atoms with van der Waals surface area (Å²) in [6, 6.07) is 5.05. The molecule has 1 saturated heterocycles. The summed E-state index contributed by atoms with van der Waals surface area (Å²) in [7, 11) is 0. The minimum Gasteiger partial charge on any atom is -0.504 e. The van der Waals surface area contributed by atoms with E-state index in [1.54, 1.807) is 25.1 Å². The van der Waals surface area contributed by atoms with Crippen LogP contribution in [0.2, 0.25) is 5.02 Å². The van der Waals surface area contributed by atoms with Gasteiger partial charge >= 0.3 is 0 Å². The molecule has 3 rings (SSSR count). The predicted octanol–water partition coefficient (Wildman–Crippen LogP) is 2.73. The van der Waals surface area contributed by atoms with Crippen LogP contribution in [-0.2, 0) is 11.2 Å². The molecule has 0 saturated carbocycles. The van der Waals surface area contributed by atoms with Crippen LogP contribution >= 0.6 is 11.6 Å². The monoisotopic (exact) mass is 440 g/mol. The van der Waals surface area contributed by atoms with Gasteiger partial charge in [-0.05, 0) is 24.1 Å². The van der Waals surface area contributed by atoms with Crippen LogP contribution in [-0.4, -0.2) is 56.1 Å². The molecule has 0 aromatic heterocycles. The molecule has 6 N–H and O–H groups in total. The third-order valence-corrected chi connectivity index (χ3v) is 5.50. The lowest BCUT2D eigenvalue weighted by Crippen LogP contribution is -2.33. The zero-order chi connectivity index (χ0) is 22.0. The number of aliphatic hydroxyl groups is 2. The maximum Gasteiger partial charge on any atom is 0.211 e. The molecule has 1 aliphatic rings. The fourth-order valence-electron chi connectivity index (χ4n) is 3.62. The first kappa shape index (κ1) is 22.3. The molecule has 2 aromatic rings. The van der Waals surface area contributed by atoms with Crippen molar-refractivity contribution in [2.75, 3.05) is 13.2 Å². The lowest BCUT2D eigenvalue weighted by Gasteiger charge is -2.32. The van der Waals surface area contributed by atoms with Crippen molar-refractivity contribution in [3.8, 4) is 28.7 Å². The summed E-state index contributed by atoms with van der Waals surface area (Å²) in [6.07, 6.45) is -0.972. The molecule has 1 aliphatic heterocycles. The maximum atomic E-state index is 10.4. The number of rotatable bonds is 6. The highest BCUT2D eigenvalue weighted by atomic mass is 35.5. The van der Waals surface area contributed by atoms with Crippen LogP contribution in [0.3, 0.4) is 0 Å². The molecule has 0 amide bonds. The van der Waals surface area contributed by atoms with Crippen molar-refractivity contribution in [3.63, 3.8) is 0 Å². The largest absolute Gasteiger partial charge is 0.504 e. The minimum atomic E-state index is -0.682. The van der Waals surface area contributed by atoms with Crippen LogP contribution in [0.1, 0.15) is 42.6 Å². The SMILES string of the molecule is CCOc1c(O)c(O)c(Cc2cc(C3CC(O)CC(CO)O3)ccc2Cl)c(O)c1O. The number of halogens is 1. The van der Waals surface area contributed by atoms with E-state index in [1.165, 1.54) is 0 Å². The van der Waals surface area contributed by atoms with Crippen molar-refractivity contribution in [2.45, 2.75) is 44.5 Å². The topological polar surface area (TPSA) is 140 Å². The fraction of sp³-hybridized carbons (Fsp3) is 0.429. The molecular formula is C21H25ClO8. The number of aliphatic hydroxyl groups excluding tert-OH is 2. The molecule has 0 spiro atoms. The number of ether oxygens (including phenoxy) is 2. The lowest BCUT2D eigenvalue weighted by atomic mass is 9.93. The van der Waals surface area contributed by atoms with E-state index >= 15 is 0 Å². The Kier molecular flexibility index (Phi) is 6.82. The summed E-state index contributed by atoms with van der Waals surface area (Å²) in [5.41, 5.74) is 1.07. The Bertz CT molecular complexity index is 887. The van der Waals surface area contributed by atoms with Gasteiger partial charge in [0.05, 0.1) is 31.5 Å². The smallest absolute Gasteiger partial charge is 0.211 e. The number of benzene rings is 2. The molecule has 3 unspecified atom stereocenters. The molecule has 0 bridgehead atoms. The Balaban J connectivity index is 1.95. The first-order valence-electron chi connectivity index (χ1n) is 9.60. The number of phenols is 4. The van der Waals surface area contributed by atoms with Crippen LogP contribution in [0.4, 0.5) is 0 Å². The molecular weight excluding hydrogens is 416 g/mol. The zero-order valence-electron chi connectivity index (χ0n) is 16.4. The van der Waals surface area contributed by atoms with Gasteiger partial charge in [0.15, 0.2) is 11.5 Å². The van der Waals surface area contributed by atoms with Gasteiger partial charge < -0.3 is 40.1 Å². The highest BCUT2D eigenvalue weighted by molar-refractivity contribution is 6.31. The molecule has 2 aromatic carbocycles. The molecule has 0 aliphatic carbocycles. The molecule has 1 heterocycles. The molecule has 30 heavy (non-hydrogen) atoms. The number of phenolic OH excluding ortho intramolecular Hbond substituents is 4. The Labute approximate surface area is 178 Å². The number of hydrogen-bond donors (Lipinski definition) is 6. The number of aromatic hydroxyl groups is 4. The molecule has 9 heteroatoms. The highest BCUT2D eigenvalue weighted by Gasteiger charge is 2.30. The van der Waals surface area contributed by atoms with Gasteiger partial charge in [0.2, 0.25) is 17.2 Å². The average Bonchev–Trinajstić information content (AvgIpc) is 2.73. The summed E-state index contributed by atoms with van der Waals surface area (Å²) in [5.74, 6) is -3.02. The first-order valence-corrected chi connectivity index (χ1v) is 9.98. The van der Waals surface area contributed by atoms with E-state index in [2.05, 4.69) is 0 Å². The van der Waals surface area contributed by atoms with Crippen LogP contribution in [0, 0.1) is 0 Å². The van der Waals surface area contributed by atoms with E-state index in [-0.39, 0.29) is 25.2 Å². The third kappa shape index (κ3) is 4.37. The molecule has 164 valence electrons. The quantitative estimate of drug-likeness (QED) is 0.297. The third-order valence-electron chi connectivity index (χ3n) is 5.13. The van der Waals surface area contributed by atoms with E-state index in [0.717, 1.165) is 0 Å². The van der Waals surface area contributed by atoms with Gasteiger partial charge in [-0.3, -0.25) is 0 Å². The Morgan fingerprint density at radius 3 is 2.33 bits per heavy atom. The van der Waals surface area contributed by atoms with Gasteiger partial charge in [0.25, 0.3) is 0 Å². The molecule has 1 fully saturated rings. The van der Waals surface area contributed by atoms with E-state index in [9.17, 15) is 30.6 Å². The van der Waals surface area contributed by atoms with Gasteiger partial charge in [-0.1, -0.05) is 23.7 Å². The second kappa shape index (κ2) is 9.18. The summed E-state index contributed by atoms with van der Waals surface area (Å²) in [4.78, 5) is 0. The second-order valence-corrected chi connectivity index (χ2v) is 7.62. The molecule has 3 atom stereocenters. The van der Waals surface area contributed by atoms with E-state index < -0.39 is 47.1 Å². The van der Waals surface area contributed by atoms with Gasteiger partial charge in [-0.2, -0.15) is 0 Å². The summed E-state index contributed by atoms with van der Waals surface area (Å²) < 4.78 is 10.9. The Hall–Kier alpha value is -2.39. The van der Waals surface area contributed by atoms with Crippen molar-refractivity contribution in [2.24, 2.45) is 0 Å². The van der Waals surface area contributed by atoms with Crippen LogP contribution in [0.5, 0.6) is 28.7 Å². The molecule has 8 nitrogen and oxygen atoms in total. The van der Waals surface area contributed by atoms with Crippen molar-refractivity contribution in [1.82, 2.24) is 0 Å². The van der Waals surface area contributed by atoms with Crippen LogP contribution < -0.4 is 4.74 Å². The van der Waals surface area contributed by atoms with Crippen molar-refractivity contribution in [3.05, 3.63) is 39.9 Å². The first-order chi connectivity index (χ1) is 14.3. The average molecular weight is 441 g/mol. The van der Waals surface area contributed by atoms with Gasteiger partial charge in [-0.25, -0.2) is 0 Å². The Morgan fingerprint density at radius 2 is 1.73 bits per heavy atom. The summed E-state index contributed by atoms with van der Waals surface area (Å²) in [5, 5.41) is 60.8. The van der Waals surface area contributed by atoms with Gasteiger partial charge in [-0.15, -0.1) is 0 Å². The normalized spacial score (nSPS) is 21.5. The zero-order valence-corrected chi connectivity index (χ0v) is 17.1. The summed E-state index contributed by atoms with van der Waals surface area (Å²) in [6.45, 7) is 1.52. The lowest BCUT2D eigenvalue weighted by molar-refractivity contribution is -0.113. The predicted molar refractivity (Wildman–Crippen MR) is 108 cm³/mol. The van der Waals surface area contributed by atoms with Crippen molar-refractivity contribution in [1.29, 1.82) is 0 Å². The number of hydrogen-bond acceptors (Lipinski definition) is 8. The van der Waals surface area contributed by atoms with Gasteiger partial charge in [0.1, 0.15) is 0 Å². The Morgan fingerprint density at radius 1 is 1.07 bits per heavy atom. The standard InChI is InChI=1S/C21H25ClO8/c1-2-29-21-19(27)17(25)14(18(26)20(21)28)6-11-5-10(3-4-15(11)22)16-8-12(24)7-13(9-23)30-16/h3-5,12-13,16,23-28H,2,6-9H2,1H3. The fourth-order valence-corrected chi connectivity index (χ4v) is 3.80. The van der Waals surface area contributed by atoms with Crippen molar-refractivity contribution >= 4 is 11.6 Å². The second-order valence-electron chi connectivity index (χ2n) is 7.22. The molecule has 0 radical (unpaired) electrons. The van der Waals surface area contributed by atoms with E-state index in [1.807, 2.05) is 0 Å². The maximum absolute atomic E-state index is 10.4. The summed E-state index contributed by atoms with van der Waals surface area (Å²) >= 11 is 6.29. The van der Waals surface area contributed by atoms with E-state index in [0.29, 0.717) is 29.0 Å². The minimum absolute atomic E-state index is 0.101. The van der Waals surface area contributed by atoms with Crippen LogP contribution in [0.25, 0.3) is 0 Å². The van der Waals surface area contributed by atoms with Crippen LogP contribution in [0.15, 0.2) is 18.2 Å².